The highest BCUT2D eigenvalue weighted by Gasteiger charge is 1.66. The summed E-state index contributed by atoms with van der Waals surface area (Å²) in [6.07, 6.45) is 0. The van der Waals surface area contributed by atoms with Crippen LogP contribution in [0.1, 0.15) is 0 Å². The molecule has 0 bridgehead atoms. The molecule has 0 spiro atoms. The molecule has 3 heteroatoms. The first kappa shape index (κ1) is 4.46. The predicted octanol–water partition coefficient (Wildman–Crippen LogP) is 0.710. The lowest BCUT2D eigenvalue weighted by Crippen LogP contribution is -1.67. The average molecular weight is 166 g/mol. The molecule has 0 heterocycles. The molecule has 0 aliphatic heterocycles. The van der Waals surface area contributed by atoms with Gasteiger partial charge in [-0.05, 0) is 22.6 Å². The van der Waals surface area contributed by atoms with Crippen molar-refractivity contribution < 1.29 is 4.79 Å². The normalized spacial score (nSPS) is 6.25. The van der Waals surface area contributed by atoms with Gasteiger partial charge in [0.25, 0.3) is 0 Å². The van der Waals surface area contributed by atoms with Crippen molar-refractivity contribution in [3.63, 3.8) is 0 Å². The molecule has 0 unspecified atom stereocenters. The van der Waals surface area contributed by atoms with Crippen LogP contribution in [0.15, 0.2) is 0 Å². The van der Waals surface area contributed by atoms with Crippen molar-refractivity contribution in [3.8, 4) is 0 Å². The van der Waals surface area contributed by atoms with Crippen molar-refractivity contribution in [2.45, 2.75) is 0 Å². The Hall–Kier alpha value is 0.465. The topological polar surface area (TPSA) is 17.1 Å². The molecule has 0 aromatic rings. The fraction of sp³-hybridized carbons (Fsp3) is 0. The zero-order valence-corrected chi connectivity index (χ0v) is 4.02. The molecular weight excluding hydrogens is 166 g/mol. The molecule has 0 atom stereocenters. The van der Waals surface area contributed by atoms with Crippen molar-refractivity contribution >= 4 is 34.1 Å². The molecule has 0 N–H and O–H groups in total. The monoisotopic (exact) mass is 166 g/mol. The van der Waals surface area contributed by atoms with Gasteiger partial charge in [-0.25, -0.2) is 0 Å². The second kappa shape index (κ2) is 1.75. The number of hydrogen-bond acceptors (Lipinski definition) is 1. The minimum atomic E-state index is -0.363. The lowest BCUT2D eigenvalue weighted by Gasteiger charge is -1.52. The van der Waals surface area contributed by atoms with E-state index >= 15 is 0 Å². The molecule has 0 aromatic heterocycles. The number of rotatable bonds is 0. The SMILES string of the molecule is [B]C(=O)I. The standard InChI is InChI=1S/CBIO/c2-1(3)4. The van der Waals surface area contributed by atoms with E-state index in [1.165, 1.54) is 22.6 Å². The van der Waals surface area contributed by atoms with E-state index in [4.69, 9.17) is 0 Å². The first-order valence-electron chi connectivity index (χ1n) is 0.682. The van der Waals surface area contributed by atoms with Gasteiger partial charge in [0.15, 0.2) is 7.85 Å². The Morgan fingerprint density at radius 2 is 2.00 bits per heavy atom. The van der Waals surface area contributed by atoms with E-state index in [0.29, 0.717) is 0 Å². The summed E-state index contributed by atoms with van der Waals surface area (Å²) < 4.78 is -0.363. The maximum atomic E-state index is 9.21. The fourth-order valence-corrected chi connectivity index (χ4v) is 0. The molecule has 2 radical (unpaired) electrons. The van der Waals surface area contributed by atoms with Crippen LogP contribution in [0, 0.1) is 0 Å². The number of carbonyl (C=O) groups excluding carboxylic acids is 1. The summed E-state index contributed by atoms with van der Waals surface area (Å²) in [5.41, 5.74) is 0. The first-order chi connectivity index (χ1) is 1.73. The largest absolute Gasteiger partial charge is 0.301 e. The summed E-state index contributed by atoms with van der Waals surface area (Å²) in [7, 11) is 4.46. The van der Waals surface area contributed by atoms with Crippen molar-refractivity contribution in [3.05, 3.63) is 0 Å². The van der Waals surface area contributed by atoms with E-state index in [1.807, 2.05) is 0 Å². The minimum absolute atomic E-state index is 0.363. The van der Waals surface area contributed by atoms with Crippen molar-refractivity contribution in [1.82, 2.24) is 0 Å². The van der Waals surface area contributed by atoms with E-state index in [9.17, 15) is 4.79 Å². The van der Waals surface area contributed by atoms with Crippen LogP contribution < -0.4 is 0 Å². The second-order valence-electron chi connectivity index (χ2n) is 0.304. The van der Waals surface area contributed by atoms with Crippen LogP contribution in [0.5, 0.6) is 0 Å². The van der Waals surface area contributed by atoms with Gasteiger partial charge < -0.3 is 4.79 Å². The Kier molecular flexibility index (Phi) is 1.96. The molecule has 20 valence electrons. The van der Waals surface area contributed by atoms with Crippen LogP contribution in [-0.4, -0.2) is 11.5 Å². The third-order valence-corrected chi connectivity index (χ3v) is 0. The quantitative estimate of drug-likeness (QED) is 0.294. The van der Waals surface area contributed by atoms with Crippen LogP contribution in [0.3, 0.4) is 0 Å². The van der Waals surface area contributed by atoms with Gasteiger partial charge in [-0.3, -0.25) is 0 Å². The van der Waals surface area contributed by atoms with E-state index in [2.05, 4.69) is 7.85 Å². The van der Waals surface area contributed by atoms with Gasteiger partial charge in [0.05, 0.1) is 0 Å². The number of hydrogen-bond donors (Lipinski definition) is 0. The molecule has 1 nitrogen and oxygen atoms in total. The van der Waals surface area contributed by atoms with Gasteiger partial charge in [-0.1, -0.05) is 0 Å². The summed E-state index contributed by atoms with van der Waals surface area (Å²) in [6.45, 7) is 0. The van der Waals surface area contributed by atoms with Crippen LogP contribution in [0.25, 0.3) is 0 Å². The average Bonchev–Trinajstić information content (AvgIpc) is 0.811. The summed E-state index contributed by atoms with van der Waals surface area (Å²) >= 11 is 1.48. The van der Waals surface area contributed by atoms with Gasteiger partial charge in [0.1, 0.15) is 3.69 Å². The zero-order valence-electron chi connectivity index (χ0n) is 1.86. The van der Waals surface area contributed by atoms with Crippen molar-refractivity contribution in [1.29, 1.82) is 0 Å². The van der Waals surface area contributed by atoms with Crippen LogP contribution in [0.4, 0.5) is 4.79 Å². The third-order valence-electron chi connectivity index (χ3n) is 0. The zero-order chi connectivity index (χ0) is 3.58. The lowest BCUT2D eigenvalue weighted by molar-refractivity contribution is 0.277. The highest BCUT2D eigenvalue weighted by atomic mass is 127. The first-order valence-corrected chi connectivity index (χ1v) is 1.76. The molecular formula is CBIO. The Labute approximate surface area is 39.3 Å². The molecule has 0 aliphatic carbocycles. The van der Waals surface area contributed by atoms with Gasteiger partial charge in [-0.2, -0.15) is 0 Å². The maximum absolute atomic E-state index is 9.21. The van der Waals surface area contributed by atoms with E-state index < -0.39 is 0 Å². The molecule has 4 heavy (non-hydrogen) atoms. The number of halogens is 1. The smallest absolute Gasteiger partial charge is 0.183 e. The Morgan fingerprint density at radius 1 is 2.00 bits per heavy atom. The highest BCUT2D eigenvalue weighted by molar-refractivity contribution is 14.1. The summed E-state index contributed by atoms with van der Waals surface area (Å²) in [4.78, 5) is 9.21. The summed E-state index contributed by atoms with van der Waals surface area (Å²) in [5, 5.41) is 0. The van der Waals surface area contributed by atoms with Crippen LogP contribution in [0.2, 0.25) is 0 Å². The van der Waals surface area contributed by atoms with E-state index in [1.54, 1.807) is 0 Å². The molecule has 0 saturated heterocycles. The van der Waals surface area contributed by atoms with Crippen molar-refractivity contribution in [2.24, 2.45) is 0 Å². The Bertz CT molecular complexity index is 31.0. The van der Waals surface area contributed by atoms with E-state index in [0.717, 1.165) is 0 Å². The van der Waals surface area contributed by atoms with Crippen LogP contribution >= 0.6 is 22.6 Å². The Balaban J connectivity index is 2.80. The predicted molar refractivity (Wildman–Crippen MR) is 25.2 cm³/mol. The molecule has 0 aliphatic rings. The van der Waals surface area contributed by atoms with Crippen LogP contribution in [-0.2, 0) is 0 Å². The number of carbonyl (C=O) groups is 1. The van der Waals surface area contributed by atoms with Crippen molar-refractivity contribution in [2.75, 3.05) is 0 Å². The molecule has 0 fully saturated rings. The van der Waals surface area contributed by atoms with Gasteiger partial charge in [-0.15, -0.1) is 0 Å². The Morgan fingerprint density at radius 3 is 2.00 bits per heavy atom. The molecule has 0 saturated carbocycles. The molecule has 0 rings (SSSR count). The highest BCUT2D eigenvalue weighted by Crippen LogP contribution is 1.75. The second-order valence-corrected chi connectivity index (χ2v) is 1.37. The fourth-order valence-electron chi connectivity index (χ4n) is 0. The maximum Gasteiger partial charge on any atom is 0.183 e. The van der Waals surface area contributed by atoms with Gasteiger partial charge >= 0.3 is 0 Å². The van der Waals surface area contributed by atoms with Gasteiger partial charge in [0, 0.05) is 0 Å². The molecule has 0 amide bonds. The molecule has 0 aromatic carbocycles. The lowest BCUT2D eigenvalue weighted by atomic mass is 10.2. The third kappa shape index (κ3) is 24.5. The summed E-state index contributed by atoms with van der Waals surface area (Å²) in [5.74, 6) is 0. The van der Waals surface area contributed by atoms with Gasteiger partial charge in [0.2, 0.25) is 0 Å². The van der Waals surface area contributed by atoms with E-state index in [-0.39, 0.29) is 3.69 Å². The minimum Gasteiger partial charge on any atom is -0.301 e. The summed E-state index contributed by atoms with van der Waals surface area (Å²) in [6, 6.07) is 0.